The fraction of sp³-hybridized carbons (Fsp3) is 0.143. The molecule has 0 amide bonds. The number of hydrogen-bond acceptors (Lipinski definition) is 3. The third-order valence-electron chi connectivity index (χ3n) is 2.56. The highest BCUT2D eigenvalue weighted by Crippen LogP contribution is 2.12. The van der Waals surface area contributed by atoms with Crippen molar-refractivity contribution in [3.8, 4) is 0 Å². The van der Waals surface area contributed by atoms with E-state index in [0.717, 1.165) is 10.6 Å². The lowest BCUT2D eigenvalue weighted by molar-refractivity contribution is 1.05. The minimum Gasteiger partial charge on any atom is -0.331 e. The Kier molecular flexibility index (Phi) is 4.65. The van der Waals surface area contributed by atoms with E-state index in [1.54, 1.807) is 17.6 Å². The maximum atomic E-state index is 5.16. The van der Waals surface area contributed by atoms with E-state index in [-0.39, 0.29) is 0 Å². The second kappa shape index (κ2) is 6.45. The molecule has 0 spiro atoms. The van der Waals surface area contributed by atoms with Crippen LogP contribution in [0.1, 0.15) is 16.0 Å². The van der Waals surface area contributed by atoms with Crippen LogP contribution in [-0.2, 0) is 0 Å². The van der Waals surface area contributed by atoms with Gasteiger partial charge in [-0.1, -0.05) is 17.7 Å². The minimum atomic E-state index is 0.481. The monoisotopic (exact) mass is 289 g/mol. The zero-order chi connectivity index (χ0) is 13.7. The van der Waals surface area contributed by atoms with E-state index >= 15 is 0 Å². The lowest BCUT2D eigenvalue weighted by atomic mass is 10.2. The smallest absolute Gasteiger partial charge is 0.191 e. The molecule has 0 saturated carbocycles. The number of nitrogens with zero attached hydrogens (tertiary/aromatic N) is 1. The van der Waals surface area contributed by atoms with Gasteiger partial charge < -0.3 is 5.32 Å². The molecule has 0 aliphatic heterocycles. The number of hydrogen-bond donors (Lipinski definition) is 2. The van der Waals surface area contributed by atoms with E-state index < -0.39 is 0 Å². The van der Waals surface area contributed by atoms with E-state index in [2.05, 4.69) is 28.8 Å². The summed E-state index contributed by atoms with van der Waals surface area (Å²) < 4.78 is 0. The zero-order valence-electron chi connectivity index (χ0n) is 10.8. The van der Waals surface area contributed by atoms with Crippen LogP contribution in [0.5, 0.6) is 0 Å². The number of aryl methyl sites for hydroxylation is 2. The Morgan fingerprint density at radius 3 is 2.58 bits per heavy atom. The first-order valence-electron chi connectivity index (χ1n) is 5.86. The second-order valence-corrected chi connectivity index (χ2v) is 5.51. The van der Waals surface area contributed by atoms with Crippen molar-refractivity contribution in [1.82, 2.24) is 5.43 Å². The zero-order valence-corrected chi connectivity index (χ0v) is 12.4. The fourth-order valence-corrected chi connectivity index (χ4v) is 2.42. The van der Waals surface area contributed by atoms with Gasteiger partial charge in [-0.05, 0) is 55.2 Å². The molecule has 0 atom stereocenters. The van der Waals surface area contributed by atoms with Crippen molar-refractivity contribution in [3.63, 3.8) is 0 Å². The number of anilines is 1. The molecule has 2 rings (SSSR count). The molecule has 98 valence electrons. The van der Waals surface area contributed by atoms with Crippen LogP contribution in [0.2, 0.25) is 0 Å². The molecule has 1 aromatic heterocycles. The summed E-state index contributed by atoms with van der Waals surface area (Å²) in [5.41, 5.74) is 6.19. The summed E-state index contributed by atoms with van der Waals surface area (Å²) in [4.78, 5) is 1.13. The molecule has 0 fully saturated rings. The molecular formula is C14H15N3S2. The van der Waals surface area contributed by atoms with Crippen molar-refractivity contribution in [2.24, 2.45) is 5.10 Å². The van der Waals surface area contributed by atoms with Crippen molar-refractivity contribution in [1.29, 1.82) is 0 Å². The summed E-state index contributed by atoms with van der Waals surface area (Å²) in [5, 5.41) is 9.72. The first kappa shape index (κ1) is 13.7. The number of thiophene rings is 1. The van der Waals surface area contributed by atoms with Gasteiger partial charge in [0.25, 0.3) is 0 Å². The van der Waals surface area contributed by atoms with Gasteiger partial charge in [0, 0.05) is 10.6 Å². The van der Waals surface area contributed by atoms with Crippen LogP contribution < -0.4 is 10.7 Å². The Morgan fingerprint density at radius 1 is 1.21 bits per heavy atom. The third kappa shape index (κ3) is 4.15. The van der Waals surface area contributed by atoms with Gasteiger partial charge in [-0.15, -0.1) is 11.3 Å². The lowest BCUT2D eigenvalue weighted by Crippen LogP contribution is -2.23. The Bertz CT molecular complexity index is 585. The Balaban J connectivity index is 1.86. The van der Waals surface area contributed by atoms with Gasteiger partial charge >= 0.3 is 0 Å². The second-order valence-electron chi connectivity index (χ2n) is 4.16. The summed E-state index contributed by atoms with van der Waals surface area (Å²) in [6.45, 7) is 4.11. The number of benzene rings is 1. The summed E-state index contributed by atoms with van der Waals surface area (Å²) >= 11 is 6.82. The van der Waals surface area contributed by atoms with E-state index in [1.807, 2.05) is 36.6 Å². The molecule has 3 nitrogen and oxygen atoms in total. The average molecular weight is 289 g/mol. The third-order valence-corrected chi connectivity index (χ3v) is 3.71. The molecule has 5 heteroatoms. The average Bonchev–Trinajstić information content (AvgIpc) is 2.78. The SMILES string of the molecule is Cc1ccc(NC(=S)N/N=C/c2sccc2C)cc1. The summed E-state index contributed by atoms with van der Waals surface area (Å²) in [5.74, 6) is 0. The highest BCUT2D eigenvalue weighted by molar-refractivity contribution is 7.80. The fourth-order valence-electron chi connectivity index (χ4n) is 1.46. The Hall–Kier alpha value is -1.72. The molecule has 0 radical (unpaired) electrons. The minimum absolute atomic E-state index is 0.481. The van der Waals surface area contributed by atoms with E-state index in [1.165, 1.54) is 11.1 Å². The Labute approximate surface area is 122 Å². The highest BCUT2D eigenvalue weighted by atomic mass is 32.1. The molecule has 0 unspecified atom stereocenters. The topological polar surface area (TPSA) is 36.4 Å². The van der Waals surface area contributed by atoms with Gasteiger partial charge in [-0.3, -0.25) is 5.43 Å². The summed E-state index contributed by atoms with van der Waals surface area (Å²) in [6, 6.07) is 10.1. The van der Waals surface area contributed by atoms with Crippen molar-refractivity contribution >= 4 is 40.6 Å². The maximum absolute atomic E-state index is 5.16. The molecule has 1 aromatic carbocycles. The predicted octanol–water partition coefficient (Wildman–Crippen LogP) is 3.69. The van der Waals surface area contributed by atoms with Gasteiger partial charge in [-0.25, -0.2) is 0 Å². The molecule has 0 saturated heterocycles. The molecule has 0 bridgehead atoms. The normalized spacial score (nSPS) is 10.6. The lowest BCUT2D eigenvalue weighted by Gasteiger charge is -2.06. The highest BCUT2D eigenvalue weighted by Gasteiger charge is 1.97. The van der Waals surface area contributed by atoms with E-state index in [0.29, 0.717) is 5.11 Å². The number of nitrogens with one attached hydrogen (secondary N) is 2. The van der Waals surface area contributed by atoms with E-state index in [4.69, 9.17) is 12.2 Å². The van der Waals surface area contributed by atoms with Crippen LogP contribution in [0.4, 0.5) is 5.69 Å². The van der Waals surface area contributed by atoms with E-state index in [9.17, 15) is 0 Å². The number of rotatable bonds is 3. The molecule has 0 aliphatic carbocycles. The molecule has 0 aliphatic rings. The van der Waals surface area contributed by atoms with Crippen molar-refractivity contribution < 1.29 is 0 Å². The van der Waals surface area contributed by atoms with Gasteiger partial charge in [0.15, 0.2) is 5.11 Å². The van der Waals surface area contributed by atoms with Crippen molar-refractivity contribution in [2.45, 2.75) is 13.8 Å². The van der Waals surface area contributed by atoms with Crippen LogP contribution in [0, 0.1) is 13.8 Å². The molecule has 2 N–H and O–H groups in total. The van der Waals surface area contributed by atoms with Gasteiger partial charge in [0.2, 0.25) is 0 Å². The Morgan fingerprint density at radius 2 is 1.95 bits per heavy atom. The van der Waals surface area contributed by atoms with Crippen molar-refractivity contribution in [2.75, 3.05) is 5.32 Å². The van der Waals surface area contributed by atoms with Crippen LogP contribution in [0.3, 0.4) is 0 Å². The first-order chi connectivity index (χ1) is 9.15. The summed E-state index contributed by atoms with van der Waals surface area (Å²) in [7, 11) is 0. The number of thiocarbonyl (C=S) groups is 1. The largest absolute Gasteiger partial charge is 0.331 e. The first-order valence-corrected chi connectivity index (χ1v) is 7.15. The van der Waals surface area contributed by atoms with Crippen molar-refractivity contribution in [3.05, 3.63) is 51.7 Å². The molecule has 2 aromatic rings. The van der Waals surface area contributed by atoms with Crippen LogP contribution in [0.25, 0.3) is 0 Å². The quantitative estimate of drug-likeness (QED) is 0.514. The van der Waals surface area contributed by atoms with Gasteiger partial charge in [0.05, 0.1) is 6.21 Å². The molecule has 1 heterocycles. The summed E-state index contributed by atoms with van der Waals surface area (Å²) in [6.07, 6.45) is 1.78. The van der Waals surface area contributed by atoms with Crippen LogP contribution in [-0.4, -0.2) is 11.3 Å². The maximum Gasteiger partial charge on any atom is 0.191 e. The van der Waals surface area contributed by atoms with Crippen LogP contribution >= 0.6 is 23.6 Å². The standard InChI is InChI=1S/C14H15N3S2/c1-10-3-5-12(6-4-10)16-14(18)17-15-9-13-11(2)7-8-19-13/h3-9H,1-2H3,(H2,16,17,18)/b15-9+. The molecule has 19 heavy (non-hydrogen) atoms. The predicted molar refractivity (Wildman–Crippen MR) is 87.2 cm³/mol. The van der Waals surface area contributed by atoms with Gasteiger partial charge in [-0.2, -0.15) is 5.10 Å². The van der Waals surface area contributed by atoms with Gasteiger partial charge in [0.1, 0.15) is 0 Å². The molecular weight excluding hydrogens is 274 g/mol. The number of hydrazone groups is 1. The van der Waals surface area contributed by atoms with Crippen LogP contribution in [0.15, 0.2) is 40.8 Å².